The van der Waals surface area contributed by atoms with E-state index in [9.17, 15) is 19.2 Å². The first-order chi connectivity index (χ1) is 21.4. The lowest BCUT2D eigenvalue weighted by atomic mass is 9.85. The quantitative estimate of drug-likeness (QED) is 0.265. The van der Waals surface area contributed by atoms with Crippen LogP contribution in [-0.2, 0) is 19.2 Å². The van der Waals surface area contributed by atoms with Crippen LogP contribution < -0.4 is 19.3 Å². The van der Waals surface area contributed by atoms with Crippen molar-refractivity contribution in [3.63, 3.8) is 0 Å². The topological polar surface area (TPSA) is 93.2 Å². The standard InChI is InChI=1S/C36H28N2O6/c39-33-29-19-4-5-20(16-19)30(29)34(40)37(33)23-8-12-25(13-9-23)43-27-2-1-3-28(18-27)44-26-14-10-24(11-15-26)38-35(41)31-21-6-7-22(17-21)32(31)36(38)42/h1-15,18-22,29-32H,16-17H2. The molecule has 6 aliphatic rings. The molecule has 3 aromatic carbocycles. The molecule has 0 aromatic heterocycles. The number of benzene rings is 3. The molecule has 0 spiro atoms. The summed E-state index contributed by atoms with van der Waals surface area (Å²) in [6.45, 7) is 0. The van der Waals surface area contributed by atoms with Crippen LogP contribution in [0.2, 0.25) is 0 Å². The Morgan fingerprint density at radius 1 is 0.455 bits per heavy atom. The van der Waals surface area contributed by atoms with Crippen molar-refractivity contribution in [1.82, 2.24) is 0 Å². The van der Waals surface area contributed by atoms with Gasteiger partial charge in [0.05, 0.1) is 35.0 Å². The zero-order valence-corrected chi connectivity index (χ0v) is 23.6. The summed E-state index contributed by atoms with van der Waals surface area (Å²) in [5, 5.41) is 0. The number of fused-ring (bicyclic) bond motifs is 10. The highest BCUT2D eigenvalue weighted by Crippen LogP contribution is 2.54. The molecule has 3 aromatic rings. The van der Waals surface area contributed by atoms with Crippen LogP contribution in [-0.4, -0.2) is 23.6 Å². The van der Waals surface area contributed by atoms with Gasteiger partial charge < -0.3 is 9.47 Å². The van der Waals surface area contributed by atoms with E-state index in [0.29, 0.717) is 34.4 Å². The van der Waals surface area contributed by atoms with Crippen molar-refractivity contribution in [1.29, 1.82) is 0 Å². The van der Waals surface area contributed by atoms with Gasteiger partial charge in [-0.1, -0.05) is 30.4 Å². The van der Waals surface area contributed by atoms with Gasteiger partial charge in [0.1, 0.15) is 23.0 Å². The number of hydrogen-bond donors (Lipinski definition) is 0. The minimum Gasteiger partial charge on any atom is -0.457 e. The number of allylic oxidation sites excluding steroid dienone is 4. The van der Waals surface area contributed by atoms with Gasteiger partial charge in [0.25, 0.3) is 0 Å². The number of imide groups is 2. The van der Waals surface area contributed by atoms with Crippen molar-refractivity contribution in [2.45, 2.75) is 12.8 Å². The summed E-state index contributed by atoms with van der Waals surface area (Å²) >= 11 is 0. The third kappa shape index (κ3) is 3.63. The second-order valence-electron chi connectivity index (χ2n) is 12.7. The van der Waals surface area contributed by atoms with Crippen LogP contribution in [0.1, 0.15) is 12.8 Å². The third-order valence-electron chi connectivity index (χ3n) is 10.4. The van der Waals surface area contributed by atoms with Gasteiger partial charge in [-0.2, -0.15) is 0 Å². The monoisotopic (exact) mass is 584 g/mol. The highest BCUT2D eigenvalue weighted by molar-refractivity contribution is 6.23. The normalized spacial score (nSPS) is 32.3. The molecule has 44 heavy (non-hydrogen) atoms. The Morgan fingerprint density at radius 3 is 1.14 bits per heavy atom. The fourth-order valence-corrected chi connectivity index (χ4v) is 8.51. The Bertz CT molecular complexity index is 1620. The molecule has 0 N–H and O–H groups in total. The Kier molecular flexibility index (Phi) is 5.37. The van der Waals surface area contributed by atoms with Gasteiger partial charge >= 0.3 is 0 Å². The van der Waals surface area contributed by atoms with Crippen LogP contribution >= 0.6 is 0 Å². The summed E-state index contributed by atoms with van der Waals surface area (Å²) in [4.78, 5) is 55.2. The molecule has 8 heteroatoms. The van der Waals surface area contributed by atoms with E-state index in [1.165, 1.54) is 9.80 Å². The lowest BCUT2D eigenvalue weighted by Gasteiger charge is -2.18. The maximum Gasteiger partial charge on any atom is 0.238 e. The van der Waals surface area contributed by atoms with Gasteiger partial charge in [-0.25, -0.2) is 0 Å². The molecule has 8 unspecified atom stereocenters. The van der Waals surface area contributed by atoms with E-state index in [0.717, 1.165) is 12.8 Å². The molecule has 218 valence electrons. The van der Waals surface area contributed by atoms with Crippen molar-refractivity contribution in [3.8, 4) is 23.0 Å². The van der Waals surface area contributed by atoms with Crippen LogP contribution in [0.3, 0.4) is 0 Å². The molecule has 8 atom stereocenters. The predicted octanol–water partition coefficient (Wildman–Crippen LogP) is 5.89. The Hall–Kier alpha value is -4.98. The van der Waals surface area contributed by atoms with Gasteiger partial charge in [0.15, 0.2) is 0 Å². The molecule has 2 saturated heterocycles. The van der Waals surface area contributed by atoms with E-state index in [-0.39, 0.29) is 71.0 Å². The SMILES string of the molecule is O=C1C2C3C=CC(C3)C2C(=O)N1c1ccc(Oc2cccc(Oc3ccc(N4C(=O)C5C6C=CC(C6)C5C4=O)cc3)c2)cc1. The summed E-state index contributed by atoms with van der Waals surface area (Å²) in [5.74, 6) is 1.59. The number of carbonyl (C=O) groups excluding carboxylic acids is 4. The summed E-state index contributed by atoms with van der Waals surface area (Å²) in [6.07, 6.45) is 10.2. The van der Waals surface area contributed by atoms with Crippen LogP contribution in [0.25, 0.3) is 0 Å². The van der Waals surface area contributed by atoms with Gasteiger partial charge in [-0.05, 0) is 97.2 Å². The van der Waals surface area contributed by atoms with Gasteiger partial charge in [-0.15, -0.1) is 0 Å². The average molecular weight is 585 g/mol. The van der Waals surface area contributed by atoms with E-state index in [1.54, 1.807) is 54.6 Å². The first-order valence-electron chi connectivity index (χ1n) is 15.2. The van der Waals surface area contributed by atoms with E-state index in [1.807, 2.05) is 18.2 Å². The Labute approximate surface area is 253 Å². The lowest BCUT2D eigenvalue weighted by molar-refractivity contribution is -0.124. The maximum atomic E-state index is 13.1. The molecule has 4 bridgehead atoms. The molecule has 4 aliphatic carbocycles. The number of rotatable bonds is 6. The van der Waals surface area contributed by atoms with Crippen molar-refractivity contribution < 1.29 is 28.7 Å². The number of nitrogens with zero attached hydrogens (tertiary/aromatic N) is 2. The summed E-state index contributed by atoms with van der Waals surface area (Å²) in [6, 6.07) is 21.2. The molecular weight excluding hydrogens is 556 g/mol. The molecule has 9 rings (SSSR count). The van der Waals surface area contributed by atoms with E-state index >= 15 is 0 Å². The Morgan fingerprint density at radius 2 is 0.795 bits per heavy atom. The highest BCUT2D eigenvalue weighted by Gasteiger charge is 2.60. The molecular formula is C36H28N2O6. The molecule has 0 radical (unpaired) electrons. The fraction of sp³-hybridized carbons (Fsp3) is 0.278. The summed E-state index contributed by atoms with van der Waals surface area (Å²) in [7, 11) is 0. The van der Waals surface area contributed by atoms with E-state index in [2.05, 4.69) is 24.3 Å². The lowest BCUT2D eigenvalue weighted by Crippen LogP contribution is -2.32. The summed E-state index contributed by atoms with van der Waals surface area (Å²) in [5.41, 5.74) is 1.12. The fourth-order valence-electron chi connectivity index (χ4n) is 8.51. The zero-order chi connectivity index (χ0) is 29.7. The van der Waals surface area contributed by atoms with Crippen LogP contribution in [0, 0.1) is 47.3 Å². The molecule has 8 nitrogen and oxygen atoms in total. The third-order valence-corrected chi connectivity index (χ3v) is 10.4. The van der Waals surface area contributed by atoms with Crippen molar-refractivity contribution in [2.75, 3.05) is 9.80 Å². The second kappa shape index (κ2) is 9.26. The first-order valence-corrected chi connectivity index (χ1v) is 15.2. The van der Waals surface area contributed by atoms with Crippen molar-refractivity contribution in [3.05, 3.63) is 97.1 Å². The molecule has 2 saturated carbocycles. The highest BCUT2D eigenvalue weighted by atomic mass is 16.5. The number of anilines is 2. The second-order valence-corrected chi connectivity index (χ2v) is 12.7. The molecule has 4 fully saturated rings. The predicted molar refractivity (Wildman–Crippen MR) is 160 cm³/mol. The largest absolute Gasteiger partial charge is 0.457 e. The minimum absolute atomic E-state index is 0.103. The smallest absolute Gasteiger partial charge is 0.238 e. The van der Waals surface area contributed by atoms with E-state index in [4.69, 9.17) is 9.47 Å². The number of carbonyl (C=O) groups is 4. The number of hydrogen-bond acceptors (Lipinski definition) is 6. The zero-order valence-electron chi connectivity index (χ0n) is 23.6. The van der Waals surface area contributed by atoms with E-state index < -0.39 is 0 Å². The number of amides is 4. The average Bonchev–Trinajstić information content (AvgIpc) is 3.88. The first kappa shape index (κ1) is 25.5. The van der Waals surface area contributed by atoms with Gasteiger partial charge in [-0.3, -0.25) is 29.0 Å². The van der Waals surface area contributed by atoms with Crippen molar-refractivity contribution in [2.24, 2.45) is 47.3 Å². The molecule has 2 aliphatic heterocycles. The molecule has 2 heterocycles. The maximum absolute atomic E-state index is 13.1. The van der Waals surface area contributed by atoms with Crippen LogP contribution in [0.4, 0.5) is 11.4 Å². The van der Waals surface area contributed by atoms with Gasteiger partial charge in [0.2, 0.25) is 23.6 Å². The number of ether oxygens (including phenoxy) is 2. The summed E-state index contributed by atoms with van der Waals surface area (Å²) < 4.78 is 12.1. The van der Waals surface area contributed by atoms with Crippen molar-refractivity contribution >= 4 is 35.0 Å². The van der Waals surface area contributed by atoms with Gasteiger partial charge in [0, 0.05) is 6.07 Å². The Balaban J connectivity index is 0.864. The van der Waals surface area contributed by atoms with Crippen LogP contribution in [0.5, 0.6) is 23.0 Å². The van der Waals surface area contributed by atoms with Crippen LogP contribution in [0.15, 0.2) is 97.1 Å². The minimum atomic E-state index is -0.232. The molecule has 4 amide bonds.